The lowest BCUT2D eigenvalue weighted by molar-refractivity contribution is 0.0698. The largest absolute Gasteiger partial charge is 0.399 e. The normalized spacial score (nSPS) is 17.2. The summed E-state index contributed by atoms with van der Waals surface area (Å²) >= 11 is 0. The molecule has 0 bridgehead atoms. The predicted octanol–water partition coefficient (Wildman–Crippen LogP) is -0.461. The second-order valence-electron chi connectivity index (χ2n) is 4.87. The number of hydrogen-bond donors (Lipinski definition) is 2. The summed E-state index contributed by atoms with van der Waals surface area (Å²) in [6, 6.07) is 5.18. The summed E-state index contributed by atoms with van der Waals surface area (Å²) in [6.07, 6.45) is 0. The van der Waals surface area contributed by atoms with Crippen molar-refractivity contribution in [2.24, 2.45) is 5.14 Å². The van der Waals surface area contributed by atoms with Gasteiger partial charge in [-0.15, -0.1) is 0 Å². The molecule has 2 rings (SSSR count). The van der Waals surface area contributed by atoms with Crippen LogP contribution in [0.3, 0.4) is 0 Å². The predicted molar refractivity (Wildman–Crippen MR) is 76.2 cm³/mol. The van der Waals surface area contributed by atoms with Gasteiger partial charge in [0.05, 0.1) is 0 Å². The van der Waals surface area contributed by atoms with Crippen LogP contribution in [0.2, 0.25) is 0 Å². The average molecular weight is 298 g/mol. The Labute approximate surface area is 118 Å². The Balaban J connectivity index is 2.09. The first-order valence-corrected chi connectivity index (χ1v) is 7.72. The number of hydrogen-bond acceptors (Lipinski definition) is 4. The number of nitrogens with two attached hydrogens (primary N) is 2. The number of benzene rings is 1. The molecule has 0 aromatic heterocycles. The number of carbonyl (C=O) groups is 1. The van der Waals surface area contributed by atoms with Crippen LogP contribution in [-0.2, 0) is 10.2 Å². The van der Waals surface area contributed by atoms with Crippen LogP contribution in [0.4, 0.5) is 5.69 Å². The van der Waals surface area contributed by atoms with Crippen LogP contribution in [0.25, 0.3) is 0 Å². The standard InChI is InChI=1S/C12H18N4O3S/c1-9-6-10(8-11(13)7-9)12(17)15-2-4-16(5-3-15)20(14,18)19/h6-8H,2-5,13H2,1H3,(H2,14,18,19). The van der Waals surface area contributed by atoms with Crippen molar-refractivity contribution in [1.29, 1.82) is 0 Å². The second kappa shape index (κ2) is 5.39. The van der Waals surface area contributed by atoms with E-state index in [1.807, 2.05) is 6.92 Å². The molecule has 4 N–H and O–H groups in total. The zero-order chi connectivity index (χ0) is 14.9. The van der Waals surface area contributed by atoms with Crippen LogP contribution in [-0.4, -0.2) is 49.7 Å². The number of anilines is 1. The Morgan fingerprint density at radius 3 is 2.25 bits per heavy atom. The van der Waals surface area contributed by atoms with Crippen molar-refractivity contribution in [3.05, 3.63) is 29.3 Å². The van der Waals surface area contributed by atoms with Crippen LogP contribution < -0.4 is 10.9 Å². The smallest absolute Gasteiger partial charge is 0.277 e. The third kappa shape index (κ3) is 3.27. The molecule has 0 spiro atoms. The molecular weight excluding hydrogens is 280 g/mol. The first kappa shape index (κ1) is 14.8. The summed E-state index contributed by atoms with van der Waals surface area (Å²) in [5.74, 6) is -0.144. The van der Waals surface area contributed by atoms with E-state index in [-0.39, 0.29) is 19.0 Å². The molecule has 0 saturated carbocycles. The maximum Gasteiger partial charge on any atom is 0.277 e. The van der Waals surface area contributed by atoms with Crippen molar-refractivity contribution in [2.75, 3.05) is 31.9 Å². The number of nitrogen functional groups attached to an aromatic ring is 1. The first-order valence-electron chi connectivity index (χ1n) is 6.21. The van der Waals surface area contributed by atoms with Gasteiger partial charge in [-0.2, -0.15) is 12.7 Å². The third-order valence-corrected chi connectivity index (χ3v) is 4.32. The summed E-state index contributed by atoms with van der Waals surface area (Å²) < 4.78 is 23.6. The summed E-state index contributed by atoms with van der Waals surface area (Å²) in [4.78, 5) is 13.9. The van der Waals surface area contributed by atoms with Gasteiger partial charge in [0, 0.05) is 37.4 Å². The van der Waals surface area contributed by atoms with E-state index in [1.165, 1.54) is 4.31 Å². The fourth-order valence-electron chi connectivity index (χ4n) is 2.26. The van der Waals surface area contributed by atoms with E-state index in [9.17, 15) is 13.2 Å². The van der Waals surface area contributed by atoms with E-state index in [0.29, 0.717) is 24.3 Å². The lowest BCUT2D eigenvalue weighted by atomic mass is 10.1. The monoisotopic (exact) mass is 298 g/mol. The molecule has 0 aliphatic carbocycles. The molecule has 0 unspecified atom stereocenters. The molecular formula is C12H18N4O3S. The highest BCUT2D eigenvalue weighted by molar-refractivity contribution is 7.86. The summed E-state index contributed by atoms with van der Waals surface area (Å²) in [7, 11) is -3.68. The van der Waals surface area contributed by atoms with Crippen molar-refractivity contribution in [1.82, 2.24) is 9.21 Å². The Bertz CT molecular complexity index is 601. The number of aryl methyl sites for hydroxylation is 1. The van der Waals surface area contributed by atoms with Gasteiger partial charge < -0.3 is 10.6 Å². The van der Waals surface area contributed by atoms with Gasteiger partial charge in [-0.3, -0.25) is 4.79 Å². The van der Waals surface area contributed by atoms with Crippen LogP contribution in [0.1, 0.15) is 15.9 Å². The maximum atomic E-state index is 12.3. The van der Waals surface area contributed by atoms with Crippen LogP contribution >= 0.6 is 0 Å². The fraction of sp³-hybridized carbons (Fsp3) is 0.417. The number of amides is 1. The minimum absolute atomic E-state index is 0.144. The van der Waals surface area contributed by atoms with E-state index >= 15 is 0 Å². The Morgan fingerprint density at radius 2 is 1.75 bits per heavy atom. The lowest BCUT2D eigenvalue weighted by Crippen LogP contribution is -2.52. The van der Waals surface area contributed by atoms with Gasteiger partial charge in [0.2, 0.25) is 0 Å². The minimum Gasteiger partial charge on any atom is -0.399 e. The topological polar surface area (TPSA) is 110 Å². The SMILES string of the molecule is Cc1cc(N)cc(C(=O)N2CCN(S(N)(=O)=O)CC2)c1. The van der Waals surface area contributed by atoms with Crippen molar-refractivity contribution in [3.8, 4) is 0 Å². The quantitative estimate of drug-likeness (QED) is 0.720. The van der Waals surface area contributed by atoms with Crippen LogP contribution in [0, 0.1) is 6.92 Å². The van der Waals surface area contributed by atoms with E-state index in [4.69, 9.17) is 10.9 Å². The van der Waals surface area contributed by atoms with Crippen LogP contribution in [0.5, 0.6) is 0 Å². The van der Waals surface area contributed by atoms with Gasteiger partial charge in [0.25, 0.3) is 16.1 Å². The summed E-state index contributed by atoms with van der Waals surface area (Å²) in [6.45, 7) is 2.94. The number of carbonyl (C=O) groups excluding carboxylic acids is 1. The molecule has 20 heavy (non-hydrogen) atoms. The number of piperazine rings is 1. The second-order valence-corrected chi connectivity index (χ2v) is 6.41. The zero-order valence-corrected chi connectivity index (χ0v) is 12.1. The average Bonchev–Trinajstić information content (AvgIpc) is 2.36. The van der Waals surface area contributed by atoms with E-state index in [0.717, 1.165) is 5.56 Å². The minimum atomic E-state index is -3.68. The molecule has 1 amide bonds. The van der Waals surface area contributed by atoms with Crippen molar-refractivity contribution < 1.29 is 13.2 Å². The van der Waals surface area contributed by atoms with Gasteiger partial charge in [0.15, 0.2) is 0 Å². The summed E-state index contributed by atoms with van der Waals surface area (Å²) in [5, 5.41) is 5.06. The molecule has 1 aromatic carbocycles. The first-order chi connectivity index (χ1) is 9.27. The van der Waals surface area contributed by atoms with Gasteiger partial charge in [0.1, 0.15) is 0 Å². The molecule has 0 atom stereocenters. The van der Waals surface area contributed by atoms with Gasteiger partial charge in [-0.25, -0.2) is 5.14 Å². The zero-order valence-electron chi connectivity index (χ0n) is 11.2. The van der Waals surface area contributed by atoms with Gasteiger partial charge >= 0.3 is 0 Å². The molecule has 1 aromatic rings. The Hall–Kier alpha value is -1.64. The molecule has 0 radical (unpaired) electrons. The van der Waals surface area contributed by atoms with E-state index < -0.39 is 10.2 Å². The van der Waals surface area contributed by atoms with Crippen LogP contribution in [0.15, 0.2) is 18.2 Å². The van der Waals surface area contributed by atoms with Gasteiger partial charge in [-0.1, -0.05) is 0 Å². The molecule has 8 heteroatoms. The molecule has 1 saturated heterocycles. The molecule has 1 fully saturated rings. The molecule has 1 aliphatic rings. The third-order valence-electron chi connectivity index (χ3n) is 3.23. The lowest BCUT2D eigenvalue weighted by Gasteiger charge is -2.33. The molecule has 1 heterocycles. The summed E-state index contributed by atoms with van der Waals surface area (Å²) in [5.41, 5.74) is 7.70. The highest BCUT2D eigenvalue weighted by Gasteiger charge is 2.27. The van der Waals surface area contributed by atoms with Gasteiger partial charge in [-0.05, 0) is 30.7 Å². The van der Waals surface area contributed by atoms with E-state index in [2.05, 4.69) is 0 Å². The fourth-order valence-corrected chi connectivity index (χ4v) is 2.94. The highest BCUT2D eigenvalue weighted by Crippen LogP contribution is 2.15. The van der Waals surface area contributed by atoms with Crippen molar-refractivity contribution in [3.63, 3.8) is 0 Å². The Kier molecular flexibility index (Phi) is 3.98. The molecule has 1 aliphatic heterocycles. The van der Waals surface area contributed by atoms with E-state index in [1.54, 1.807) is 23.1 Å². The number of rotatable bonds is 2. The Morgan fingerprint density at radius 1 is 1.15 bits per heavy atom. The maximum absolute atomic E-state index is 12.3. The highest BCUT2D eigenvalue weighted by atomic mass is 32.2. The molecule has 110 valence electrons. The molecule has 7 nitrogen and oxygen atoms in total. The van der Waals surface area contributed by atoms with Crippen molar-refractivity contribution in [2.45, 2.75) is 6.92 Å². The van der Waals surface area contributed by atoms with Crippen molar-refractivity contribution >= 4 is 21.8 Å². The number of nitrogens with zero attached hydrogens (tertiary/aromatic N) is 2.